The Morgan fingerprint density at radius 2 is 1.95 bits per heavy atom. The smallest absolute Gasteiger partial charge is 0.254 e. The number of carbonyl (C=O) groups excluding carboxylic acids is 1. The Labute approximate surface area is 237 Å². The van der Waals surface area contributed by atoms with Crippen LogP contribution in [-0.4, -0.2) is 59.1 Å². The number of benzene rings is 2. The van der Waals surface area contributed by atoms with Gasteiger partial charge in [-0.3, -0.25) is 10.2 Å². The Bertz CT molecular complexity index is 1340. The average Bonchev–Trinajstić information content (AvgIpc) is 2.94. The minimum Gasteiger partial charge on any atom is -0.365 e. The Kier molecular flexibility index (Phi) is 10.8. The molecule has 1 aliphatic heterocycles. The molecule has 2 N–H and O–H groups in total. The van der Waals surface area contributed by atoms with Crippen molar-refractivity contribution in [3.8, 4) is 12.3 Å². The van der Waals surface area contributed by atoms with Crippen LogP contribution >= 0.6 is 11.6 Å². The topological polar surface area (TPSA) is 83.6 Å². The summed E-state index contributed by atoms with van der Waals surface area (Å²) in [6.07, 6.45) is 13.8. The predicted molar refractivity (Wildman–Crippen MR) is 162 cm³/mol. The van der Waals surface area contributed by atoms with Crippen LogP contribution in [0.5, 0.6) is 0 Å². The van der Waals surface area contributed by atoms with Crippen molar-refractivity contribution in [2.45, 2.75) is 39.7 Å². The summed E-state index contributed by atoms with van der Waals surface area (Å²) in [6, 6.07) is 14.9. The Morgan fingerprint density at radius 1 is 1.21 bits per heavy atom. The number of carbonyl (C=O) groups is 1. The Morgan fingerprint density at radius 3 is 2.62 bits per heavy atom. The van der Waals surface area contributed by atoms with Gasteiger partial charge in [0.2, 0.25) is 0 Å². The average molecular weight is 542 g/mol. The first-order valence-electron chi connectivity index (χ1n) is 13.2. The second-order valence-corrected chi connectivity index (χ2v) is 10.0. The molecule has 1 amide bonds. The maximum absolute atomic E-state index is 13.4. The fourth-order valence-corrected chi connectivity index (χ4v) is 4.89. The highest BCUT2D eigenvalue weighted by Gasteiger charge is 2.30. The summed E-state index contributed by atoms with van der Waals surface area (Å²) in [5.74, 6) is 2.74. The number of nitrogens with one attached hydrogen (secondary N) is 2. The maximum atomic E-state index is 13.4. The lowest BCUT2D eigenvalue weighted by molar-refractivity contribution is 0.0551. The molecule has 0 bridgehead atoms. The molecule has 0 aliphatic carbocycles. The molecule has 1 fully saturated rings. The van der Waals surface area contributed by atoms with Gasteiger partial charge in [-0.2, -0.15) is 0 Å². The van der Waals surface area contributed by atoms with Gasteiger partial charge in [0.25, 0.3) is 5.91 Å². The van der Waals surface area contributed by atoms with E-state index in [0.717, 1.165) is 29.1 Å². The Balaban J connectivity index is 1.64. The summed E-state index contributed by atoms with van der Waals surface area (Å²) in [4.78, 5) is 21.9. The molecular formula is C32H36ClN5O. The minimum atomic E-state index is -0.0698. The van der Waals surface area contributed by atoms with Crippen molar-refractivity contribution in [1.29, 1.82) is 10.8 Å². The quantitative estimate of drug-likeness (QED) is 0.223. The first kappa shape index (κ1) is 29.6. The molecule has 202 valence electrons. The van der Waals surface area contributed by atoms with Crippen LogP contribution < -0.4 is 0 Å². The van der Waals surface area contributed by atoms with Gasteiger partial charge in [-0.1, -0.05) is 54.8 Å². The zero-order valence-electron chi connectivity index (χ0n) is 22.8. The molecule has 2 unspecified atom stereocenters. The lowest BCUT2D eigenvalue weighted by Gasteiger charge is -2.41. The van der Waals surface area contributed by atoms with Crippen LogP contribution in [0, 0.1) is 29.1 Å². The molecule has 0 saturated carbocycles. The number of hydrogen-bond donors (Lipinski definition) is 2. The SMILES string of the molecule is C#C/C=C\C(=N)c1cccc(C(=O)N2CCN(C(=CC)C(=N)/N=C\C(CC)Cc3cccc(Cl)c3)CC2C)c1. The number of allylic oxidation sites excluding steroid dienone is 3. The van der Waals surface area contributed by atoms with Gasteiger partial charge >= 0.3 is 0 Å². The summed E-state index contributed by atoms with van der Waals surface area (Å²) < 4.78 is 0. The minimum absolute atomic E-state index is 0.0614. The van der Waals surface area contributed by atoms with Crippen molar-refractivity contribution < 1.29 is 4.79 Å². The summed E-state index contributed by atoms with van der Waals surface area (Å²) in [7, 11) is 0. The summed E-state index contributed by atoms with van der Waals surface area (Å²) in [5.41, 5.74) is 3.36. The zero-order chi connectivity index (χ0) is 28.4. The third-order valence-corrected chi connectivity index (χ3v) is 7.07. The molecule has 7 heteroatoms. The van der Waals surface area contributed by atoms with Crippen molar-refractivity contribution >= 4 is 35.3 Å². The normalized spacial score (nSPS) is 16.9. The molecule has 39 heavy (non-hydrogen) atoms. The lowest BCUT2D eigenvalue weighted by atomic mass is 9.98. The van der Waals surface area contributed by atoms with Crippen LogP contribution in [-0.2, 0) is 6.42 Å². The van der Waals surface area contributed by atoms with Crippen molar-refractivity contribution in [3.05, 3.63) is 94.2 Å². The van der Waals surface area contributed by atoms with Gasteiger partial charge in [0.05, 0.1) is 11.4 Å². The van der Waals surface area contributed by atoms with Gasteiger partial charge in [0.15, 0.2) is 5.84 Å². The number of rotatable bonds is 9. The van der Waals surface area contributed by atoms with Crippen LogP contribution in [0.15, 0.2) is 77.4 Å². The third kappa shape index (κ3) is 8.02. The number of aliphatic imine (C=N–C) groups is 1. The van der Waals surface area contributed by atoms with Gasteiger partial charge in [-0.05, 0) is 74.6 Å². The van der Waals surface area contributed by atoms with E-state index in [2.05, 4.69) is 28.8 Å². The number of amides is 1. The molecule has 0 radical (unpaired) electrons. The van der Waals surface area contributed by atoms with Gasteiger partial charge in [-0.25, -0.2) is 4.99 Å². The molecule has 2 aromatic carbocycles. The van der Waals surface area contributed by atoms with Gasteiger partial charge in [0, 0.05) is 48.0 Å². The molecule has 3 rings (SSSR count). The summed E-state index contributed by atoms with van der Waals surface area (Å²) in [6.45, 7) is 7.78. The van der Waals surface area contributed by atoms with Crippen LogP contribution in [0.3, 0.4) is 0 Å². The monoisotopic (exact) mass is 541 g/mol. The second-order valence-electron chi connectivity index (χ2n) is 9.59. The highest BCUT2D eigenvalue weighted by molar-refractivity contribution is 6.30. The van der Waals surface area contributed by atoms with E-state index >= 15 is 0 Å². The van der Waals surface area contributed by atoms with E-state index in [1.165, 1.54) is 6.08 Å². The molecule has 0 aromatic heterocycles. The molecule has 0 spiro atoms. The van der Waals surface area contributed by atoms with Crippen molar-refractivity contribution in [3.63, 3.8) is 0 Å². The molecule has 1 saturated heterocycles. The molecule has 1 heterocycles. The van der Waals surface area contributed by atoms with Crippen LogP contribution in [0.2, 0.25) is 5.02 Å². The maximum Gasteiger partial charge on any atom is 0.254 e. The molecular weight excluding hydrogens is 506 g/mol. The summed E-state index contributed by atoms with van der Waals surface area (Å²) in [5, 5.41) is 17.6. The van der Waals surface area contributed by atoms with E-state index in [1.807, 2.05) is 49.2 Å². The Hall–Kier alpha value is -3.95. The van der Waals surface area contributed by atoms with Crippen LogP contribution in [0.1, 0.15) is 48.7 Å². The predicted octanol–water partition coefficient (Wildman–Crippen LogP) is 6.26. The van der Waals surface area contributed by atoms with E-state index in [1.54, 1.807) is 30.3 Å². The van der Waals surface area contributed by atoms with Crippen LogP contribution in [0.25, 0.3) is 0 Å². The molecule has 1 aliphatic rings. The largest absolute Gasteiger partial charge is 0.365 e. The van der Waals surface area contributed by atoms with E-state index in [-0.39, 0.29) is 29.4 Å². The standard InChI is InChI=1S/C32H36ClN5O/c1-5-8-15-29(34)26-12-10-13-27(20-26)32(39)38-17-16-37(22-23(38)4)30(7-3)31(35)36-21-24(6-2)18-25-11-9-14-28(33)19-25/h1,7-15,19-21,23-24,34-35H,6,16-18,22H2,2-4H3/b15-8-,30-7?,34-29?,35-31?,36-21-. The third-order valence-electron chi connectivity index (χ3n) is 6.84. The zero-order valence-corrected chi connectivity index (χ0v) is 23.6. The van der Waals surface area contributed by atoms with E-state index in [4.69, 9.17) is 28.8 Å². The van der Waals surface area contributed by atoms with E-state index in [0.29, 0.717) is 30.8 Å². The van der Waals surface area contributed by atoms with Crippen molar-refractivity contribution in [2.24, 2.45) is 10.9 Å². The summed E-state index contributed by atoms with van der Waals surface area (Å²) >= 11 is 6.14. The number of amidine groups is 1. The number of nitrogens with zero attached hydrogens (tertiary/aromatic N) is 3. The van der Waals surface area contributed by atoms with Crippen molar-refractivity contribution in [2.75, 3.05) is 19.6 Å². The highest BCUT2D eigenvalue weighted by Crippen LogP contribution is 2.20. The molecule has 2 atom stereocenters. The van der Waals surface area contributed by atoms with Gasteiger partial charge in [0.1, 0.15) is 0 Å². The van der Waals surface area contributed by atoms with Gasteiger partial charge < -0.3 is 15.2 Å². The van der Waals surface area contributed by atoms with E-state index < -0.39 is 0 Å². The molecule has 2 aromatic rings. The lowest BCUT2D eigenvalue weighted by Crippen LogP contribution is -2.54. The van der Waals surface area contributed by atoms with Crippen molar-refractivity contribution in [1.82, 2.24) is 9.80 Å². The number of piperazine rings is 1. The fraction of sp³-hybridized carbons (Fsp3) is 0.312. The second kappa shape index (κ2) is 14.3. The first-order chi connectivity index (χ1) is 18.8. The van der Waals surface area contributed by atoms with E-state index in [9.17, 15) is 4.79 Å². The number of hydrogen-bond acceptors (Lipinski definition) is 4. The fourth-order valence-electron chi connectivity index (χ4n) is 4.68. The number of terminal acetylenes is 1. The molecule has 6 nitrogen and oxygen atoms in total. The highest BCUT2D eigenvalue weighted by atomic mass is 35.5. The van der Waals surface area contributed by atoms with Gasteiger partial charge in [-0.15, -0.1) is 6.42 Å². The number of halogens is 1. The van der Waals surface area contributed by atoms with Crippen LogP contribution in [0.4, 0.5) is 0 Å². The first-order valence-corrected chi connectivity index (χ1v) is 13.6.